The summed E-state index contributed by atoms with van der Waals surface area (Å²) < 4.78 is 0. The van der Waals surface area contributed by atoms with Crippen molar-refractivity contribution in [3.63, 3.8) is 0 Å². The summed E-state index contributed by atoms with van der Waals surface area (Å²) >= 11 is 14.5. The zero-order valence-electron chi connectivity index (χ0n) is 12.7. The Kier molecular flexibility index (Phi) is 4.08. The van der Waals surface area contributed by atoms with Crippen LogP contribution in [0, 0.1) is 5.92 Å². The highest BCUT2D eigenvalue weighted by atomic mass is 35.5. The van der Waals surface area contributed by atoms with Gasteiger partial charge in [0.05, 0.1) is 6.04 Å². The molecule has 0 aromatic heterocycles. The summed E-state index contributed by atoms with van der Waals surface area (Å²) in [4.78, 5) is 1.29. The first-order valence-electron chi connectivity index (χ1n) is 7.73. The second-order valence-corrected chi connectivity index (χ2v) is 7.82. The number of hydrogen-bond donors (Lipinski definition) is 1. The van der Waals surface area contributed by atoms with Gasteiger partial charge in [0.15, 0.2) is 0 Å². The number of allylic oxidation sites excluding steroid dienone is 2. The Morgan fingerprint density at radius 3 is 2.65 bits per heavy atom. The van der Waals surface area contributed by atoms with Gasteiger partial charge in [-0.2, -0.15) is 0 Å². The molecule has 0 saturated carbocycles. The summed E-state index contributed by atoms with van der Waals surface area (Å²) in [6, 6.07) is 13.0. The third-order valence-corrected chi connectivity index (χ3v) is 6.13. The summed E-state index contributed by atoms with van der Waals surface area (Å²) in [7, 11) is 0. The third kappa shape index (κ3) is 2.67. The van der Waals surface area contributed by atoms with Gasteiger partial charge >= 0.3 is 0 Å². The SMILES string of the molecule is CSc1ccc(C2Nc3cc(Cl)cc(Cl)c3C3C=CCC32)cc1. The maximum absolute atomic E-state index is 6.49. The van der Waals surface area contributed by atoms with Gasteiger partial charge in [-0.05, 0) is 48.4 Å². The fourth-order valence-electron chi connectivity index (χ4n) is 3.78. The van der Waals surface area contributed by atoms with Crippen LogP contribution in [0.4, 0.5) is 5.69 Å². The second kappa shape index (κ2) is 6.08. The van der Waals surface area contributed by atoms with E-state index in [9.17, 15) is 0 Å². The van der Waals surface area contributed by atoms with Gasteiger partial charge in [-0.1, -0.05) is 47.5 Å². The average molecular weight is 362 g/mol. The fourth-order valence-corrected chi connectivity index (χ4v) is 4.81. The van der Waals surface area contributed by atoms with Crippen LogP contribution in [0.2, 0.25) is 10.0 Å². The lowest BCUT2D eigenvalue weighted by molar-refractivity contribution is 0.425. The molecule has 0 saturated heterocycles. The molecule has 0 amide bonds. The Labute approximate surface area is 151 Å². The zero-order valence-corrected chi connectivity index (χ0v) is 15.1. The normalized spacial score (nSPS) is 24.9. The third-order valence-electron chi connectivity index (χ3n) is 4.85. The van der Waals surface area contributed by atoms with Crippen LogP contribution in [0.3, 0.4) is 0 Å². The van der Waals surface area contributed by atoms with Crippen LogP contribution in [-0.2, 0) is 0 Å². The summed E-state index contributed by atoms with van der Waals surface area (Å²) in [5.41, 5.74) is 3.57. The van der Waals surface area contributed by atoms with E-state index < -0.39 is 0 Å². The molecule has 1 heterocycles. The number of benzene rings is 2. The van der Waals surface area contributed by atoms with Crippen LogP contribution >= 0.6 is 35.0 Å². The number of thioether (sulfide) groups is 1. The fraction of sp³-hybridized carbons (Fsp3) is 0.263. The standard InChI is InChI=1S/C19H17Cl2NS/c1-23-13-7-5-11(6-8-13)19-15-4-2-3-14(15)18-16(21)9-12(20)10-17(18)22-19/h2-3,5-10,14-15,19,22H,4H2,1H3. The molecule has 1 aliphatic heterocycles. The number of nitrogens with one attached hydrogen (secondary N) is 1. The first-order valence-corrected chi connectivity index (χ1v) is 9.71. The van der Waals surface area contributed by atoms with Gasteiger partial charge in [-0.3, -0.25) is 0 Å². The Morgan fingerprint density at radius 1 is 1.13 bits per heavy atom. The van der Waals surface area contributed by atoms with E-state index in [4.69, 9.17) is 23.2 Å². The van der Waals surface area contributed by atoms with Crippen molar-refractivity contribution in [1.29, 1.82) is 0 Å². The molecule has 4 rings (SSSR count). The lowest BCUT2D eigenvalue weighted by Gasteiger charge is -2.38. The van der Waals surface area contributed by atoms with Crippen molar-refractivity contribution >= 4 is 40.7 Å². The van der Waals surface area contributed by atoms with E-state index in [1.54, 1.807) is 11.8 Å². The Hall–Kier alpha value is -1.09. The Morgan fingerprint density at radius 2 is 1.91 bits per heavy atom. The first kappa shape index (κ1) is 15.4. The predicted octanol–water partition coefficient (Wildman–Crippen LogP) is 6.54. The molecule has 0 radical (unpaired) electrons. The predicted molar refractivity (Wildman–Crippen MR) is 101 cm³/mol. The van der Waals surface area contributed by atoms with E-state index in [1.165, 1.54) is 16.0 Å². The minimum Gasteiger partial charge on any atom is -0.378 e. The van der Waals surface area contributed by atoms with Crippen molar-refractivity contribution < 1.29 is 0 Å². The zero-order chi connectivity index (χ0) is 16.0. The number of hydrogen-bond acceptors (Lipinski definition) is 2. The van der Waals surface area contributed by atoms with Gasteiger partial charge in [-0.25, -0.2) is 0 Å². The smallest absolute Gasteiger partial charge is 0.0553 e. The number of anilines is 1. The molecule has 3 atom stereocenters. The summed E-state index contributed by atoms with van der Waals surface area (Å²) in [6.07, 6.45) is 7.75. The van der Waals surface area contributed by atoms with Crippen molar-refractivity contribution in [2.24, 2.45) is 5.92 Å². The molecule has 2 aromatic rings. The molecule has 1 aliphatic carbocycles. The maximum atomic E-state index is 6.49. The molecular weight excluding hydrogens is 345 g/mol. The van der Waals surface area contributed by atoms with Gasteiger partial charge in [-0.15, -0.1) is 11.8 Å². The van der Waals surface area contributed by atoms with Crippen molar-refractivity contribution in [2.45, 2.75) is 23.3 Å². The topological polar surface area (TPSA) is 12.0 Å². The highest BCUT2D eigenvalue weighted by molar-refractivity contribution is 7.98. The molecule has 118 valence electrons. The molecule has 0 bridgehead atoms. The number of halogens is 2. The maximum Gasteiger partial charge on any atom is 0.0553 e. The van der Waals surface area contributed by atoms with Crippen molar-refractivity contribution in [3.8, 4) is 0 Å². The van der Waals surface area contributed by atoms with E-state index >= 15 is 0 Å². The lowest BCUT2D eigenvalue weighted by atomic mass is 9.77. The van der Waals surface area contributed by atoms with Crippen LogP contribution in [0.1, 0.15) is 29.5 Å². The average Bonchev–Trinajstić information content (AvgIpc) is 3.03. The second-order valence-electron chi connectivity index (χ2n) is 6.10. The number of fused-ring (bicyclic) bond motifs is 3. The van der Waals surface area contributed by atoms with Gasteiger partial charge in [0.2, 0.25) is 0 Å². The molecule has 2 aliphatic rings. The molecule has 1 N–H and O–H groups in total. The molecule has 23 heavy (non-hydrogen) atoms. The minimum atomic E-state index is 0.285. The van der Waals surface area contributed by atoms with E-state index in [1.807, 2.05) is 12.1 Å². The van der Waals surface area contributed by atoms with E-state index in [0.29, 0.717) is 16.9 Å². The molecule has 1 nitrogen and oxygen atoms in total. The molecule has 4 heteroatoms. The van der Waals surface area contributed by atoms with E-state index in [-0.39, 0.29) is 6.04 Å². The number of rotatable bonds is 2. The van der Waals surface area contributed by atoms with E-state index in [2.05, 4.69) is 48.0 Å². The van der Waals surface area contributed by atoms with Gasteiger partial charge in [0.1, 0.15) is 0 Å². The molecule has 0 spiro atoms. The van der Waals surface area contributed by atoms with Gasteiger partial charge in [0.25, 0.3) is 0 Å². The highest BCUT2D eigenvalue weighted by Gasteiger charge is 2.39. The van der Waals surface area contributed by atoms with Crippen LogP contribution in [-0.4, -0.2) is 6.26 Å². The summed E-state index contributed by atoms with van der Waals surface area (Å²) in [5.74, 6) is 0.863. The molecule has 3 unspecified atom stereocenters. The van der Waals surface area contributed by atoms with Crippen LogP contribution in [0.25, 0.3) is 0 Å². The van der Waals surface area contributed by atoms with Gasteiger partial charge in [0, 0.05) is 32.1 Å². The minimum absolute atomic E-state index is 0.285. The van der Waals surface area contributed by atoms with Crippen LogP contribution in [0.5, 0.6) is 0 Å². The molecular formula is C19H17Cl2NS. The van der Waals surface area contributed by atoms with Gasteiger partial charge < -0.3 is 5.32 Å². The first-order chi connectivity index (χ1) is 11.2. The van der Waals surface area contributed by atoms with Crippen molar-refractivity contribution in [3.05, 3.63) is 69.7 Å². The summed E-state index contributed by atoms with van der Waals surface area (Å²) in [5, 5.41) is 5.13. The Bertz CT molecular complexity index is 770. The van der Waals surface area contributed by atoms with Crippen LogP contribution in [0.15, 0.2) is 53.4 Å². The van der Waals surface area contributed by atoms with Crippen LogP contribution < -0.4 is 5.32 Å². The monoisotopic (exact) mass is 361 g/mol. The molecule has 2 aromatic carbocycles. The molecule has 0 fully saturated rings. The van der Waals surface area contributed by atoms with Crippen molar-refractivity contribution in [2.75, 3.05) is 11.6 Å². The quantitative estimate of drug-likeness (QED) is 0.481. The summed E-state index contributed by atoms with van der Waals surface area (Å²) in [6.45, 7) is 0. The van der Waals surface area contributed by atoms with Crippen molar-refractivity contribution in [1.82, 2.24) is 0 Å². The highest BCUT2D eigenvalue weighted by Crippen LogP contribution is 2.52. The largest absolute Gasteiger partial charge is 0.378 e. The lowest BCUT2D eigenvalue weighted by Crippen LogP contribution is -2.29. The Balaban J connectivity index is 1.77. The van der Waals surface area contributed by atoms with E-state index in [0.717, 1.165) is 17.1 Å².